The maximum Gasteiger partial charge on any atom is 0.410 e. The van der Waals surface area contributed by atoms with Gasteiger partial charge in [-0.3, -0.25) is 0 Å². The Morgan fingerprint density at radius 1 is 1.43 bits per heavy atom. The summed E-state index contributed by atoms with van der Waals surface area (Å²) in [4.78, 5) is 18.3. The van der Waals surface area contributed by atoms with Gasteiger partial charge in [-0.15, -0.1) is 0 Å². The van der Waals surface area contributed by atoms with Gasteiger partial charge in [-0.25, -0.2) is 4.79 Å². The minimum absolute atomic E-state index is 0.103. The minimum atomic E-state index is -0.473. The molecule has 2 rings (SSSR count). The van der Waals surface area contributed by atoms with Crippen LogP contribution in [-0.4, -0.2) is 39.8 Å². The highest BCUT2D eigenvalue weighted by Crippen LogP contribution is 2.27. The highest BCUT2D eigenvalue weighted by Gasteiger charge is 2.31. The predicted molar refractivity (Wildman–Crippen MR) is 78.2 cm³/mol. The van der Waals surface area contributed by atoms with Crippen molar-refractivity contribution in [2.24, 2.45) is 0 Å². The summed E-state index contributed by atoms with van der Waals surface area (Å²) in [5.41, 5.74) is -0.473. The lowest BCUT2D eigenvalue weighted by Gasteiger charge is -2.32. The van der Waals surface area contributed by atoms with Crippen LogP contribution >= 0.6 is 0 Å². The molecule has 1 aromatic heterocycles. The van der Waals surface area contributed by atoms with E-state index in [1.165, 1.54) is 0 Å². The molecule has 0 radical (unpaired) electrons. The summed E-state index contributed by atoms with van der Waals surface area (Å²) in [7, 11) is 0. The van der Waals surface area contributed by atoms with Crippen LogP contribution in [0.3, 0.4) is 0 Å². The van der Waals surface area contributed by atoms with Crippen molar-refractivity contribution in [2.45, 2.75) is 64.9 Å². The number of rotatable bonds is 2. The van der Waals surface area contributed by atoms with Gasteiger partial charge in [-0.1, -0.05) is 19.0 Å². The fourth-order valence-electron chi connectivity index (χ4n) is 2.32. The highest BCUT2D eigenvalue weighted by molar-refractivity contribution is 5.68. The molecule has 0 N–H and O–H groups in total. The Hall–Kier alpha value is -1.59. The maximum atomic E-state index is 12.1. The normalized spacial score (nSPS) is 19.9. The van der Waals surface area contributed by atoms with Crippen molar-refractivity contribution in [3.8, 4) is 0 Å². The smallest absolute Gasteiger partial charge is 0.410 e. The van der Waals surface area contributed by atoms with Gasteiger partial charge in [-0.2, -0.15) is 4.98 Å². The fourth-order valence-corrected chi connectivity index (χ4v) is 2.32. The molecule has 0 saturated carbocycles. The van der Waals surface area contributed by atoms with Gasteiger partial charge in [0.2, 0.25) is 5.89 Å². The van der Waals surface area contributed by atoms with Crippen LogP contribution in [0.5, 0.6) is 0 Å². The number of piperidine rings is 1. The monoisotopic (exact) mass is 295 g/mol. The standard InChI is InChI=1S/C15H25N3O3/c1-10(2)12-16-13(21-17-12)11-7-6-8-18(9-11)14(19)20-15(3,4)5/h10-11H,6-9H2,1-5H3. The third-order valence-electron chi connectivity index (χ3n) is 3.40. The van der Waals surface area contributed by atoms with Gasteiger partial charge in [0, 0.05) is 19.0 Å². The van der Waals surface area contributed by atoms with Crippen molar-refractivity contribution in [3.05, 3.63) is 11.7 Å². The number of ether oxygens (including phenoxy) is 1. The summed E-state index contributed by atoms with van der Waals surface area (Å²) >= 11 is 0. The van der Waals surface area contributed by atoms with Crippen LogP contribution in [-0.2, 0) is 4.74 Å². The molecule has 21 heavy (non-hydrogen) atoms. The van der Waals surface area contributed by atoms with E-state index in [1.54, 1.807) is 4.90 Å². The molecule has 1 atom stereocenters. The first-order valence-corrected chi connectivity index (χ1v) is 7.57. The van der Waals surface area contributed by atoms with Crippen LogP contribution < -0.4 is 0 Å². The summed E-state index contributed by atoms with van der Waals surface area (Å²) < 4.78 is 10.8. The lowest BCUT2D eigenvalue weighted by atomic mass is 9.98. The summed E-state index contributed by atoms with van der Waals surface area (Å²) in [5, 5.41) is 4.00. The second-order valence-electron chi connectivity index (χ2n) is 6.91. The predicted octanol–water partition coefficient (Wildman–Crippen LogP) is 3.31. The second-order valence-corrected chi connectivity index (χ2v) is 6.91. The van der Waals surface area contributed by atoms with E-state index < -0.39 is 5.60 Å². The van der Waals surface area contributed by atoms with Crippen molar-refractivity contribution in [1.29, 1.82) is 0 Å². The molecular weight excluding hydrogens is 270 g/mol. The first kappa shape index (κ1) is 15.8. The largest absolute Gasteiger partial charge is 0.444 e. The Morgan fingerprint density at radius 2 is 2.14 bits per heavy atom. The van der Waals surface area contributed by atoms with Crippen LogP contribution in [0.15, 0.2) is 4.52 Å². The zero-order chi connectivity index (χ0) is 15.6. The molecule has 2 heterocycles. The van der Waals surface area contributed by atoms with E-state index in [9.17, 15) is 4.79 Å². The molecule has 1 fully saturated rings. The van der Waals surface area contributed by atoms with Crippen molar-refractivity contribution in [3.63, 3.8) is 0 Å². The molecule has 0 aliphatic carbocycles. The first-order chi connectivity index (χ1) is 9.76. The van der Waals surface area contributed by atoms with Crippen LogP contribution in [0.25, 0.3) is 0 Å². The van der Waals surface area contributed by atoms with Crippen molar-refractivity contribution in [1.82, 2.24) is 15.0 Å². The topological polar surface area (TPSA) is 68.5 Å². The summed E-state index contributed by atoms with van der Waals surface area (Å²) in [6, 6.07) is 0. The Kier molecular flexibility index (Phi) is 4.54. The Bertz CT molecular complexity index is 491. The number of carbonyl (C=O) groups excluding carboxylic acids is 1. The number of nitrogens with zero attached hydrogens (tertiary/aromatic N) is 3. The van der Waals surface area contributed by atoms with E-state index in [4.69, 9.17) is 9.26 Å². The molecule has 6 heteroatoms. The van der Waals surface area contributed by atoms with Crippen LogP contribution in [0.1, 0.15) is 71.0 Å². The molecule has 1 unspecified atom stereocenters. The van der Waals surface area contributed by atoms with E-state index in [2.05, 4.69) is 10.1 Å². The lowest BCUT2D eigenvalue weighted by Crippen LogP contribution is -2.42. The van der Waals surface area contributed by atoms with Gasteiger partial charge < -0.3 is 14.2 Å². The van der Waals surface area contributed by atoms with Gasteiger partial charge in [0.1, 0.15) is 5.60 Å². The van der Waals surface area contributed by atoms with E-state index in [-0.39, 0.29) is 17.9 Å². The molecule has 118 valence electrons. The molecule has 1 aliphatic rings. The number of hydrogen-bond acceptors (Lipinski definition) is 5. The van der Waals surface area contributed by atoms with Gasteiger partial charge >= 0.3 is 6.09 Å². The Balaban J connectivity index is 2.01. The first-order valence-electron chi connectivity index (χ1n) is 7.57. The molecule has 1 amide bonds. The lowest BCUT2D eigenvalue weighted by molar-refractivity contribution is 0.0189. The SMILES string of the molecule is CC(C)c1noc(C2CCCN(C(=O)OC(C)(C)C)C2)n1. The van der Waals surface area contributed by atoms with Gasteiger partial charge in [0.25, 0.3) is 0 Å². The van der Waals surface area contributed by atoms with Gasteiger partial charge in [0.05, 0.1) is 5.92 Å². The molecule has 1 aromatic rings. The summed E-state index contributed by atoms with van der Waals surface area (Å²) in [6.07, 6.45) is 1.61. The number of amides is 1. The minimum Gasteiger partial charge on any atom is -0.444 e. The number of hydrogen-bond donors (Lipinski definition) is 0. The maximum absolute atomic E-state index is 12.1. The van der Waals surface area contributed by atoms with E-state index in [0.717, 1.165) is 25.2 Å². The van der Waals surface area contributed by atoms with Crippen molar-refractivity contribution >= 4 is 6.09 Å². The molecule has 6 nitrogen and oxygen atoms in total. The zero-order valence-electron chi connectivity index (χ0n) is 13.5. The number of aromatic nitrogens is 2. The van der Waals surface area contributed by atoms with Crippen LogP contribution in [0, 0.1) is 0 Å². The van der Waals surface area contributed by atoms with Gasteiger partial charge in [-0.05, 0) is 33.6 Å². The summed E-state index contributed by atoms with van der Waals surface area (Å²) in [5.74, 6) is 1.70. The average molecular weight is 295 g/mol. The number of carbonyl (C=O) groups is 1. The molecule has 1 saturated heterocycles. The Morgan fingerprint density at radius 3 is 2.71 bits per heavy atom. The number of likely N-dealkylation sites (tertiary alicyclic amines) is 1. The van der Waals surface area contributed by atoms with Crippen molar-refractivity contribution in [2.75, 3.05) is 13.1 Å². The highest BCUT2D eigenvalue weighted by atomic mass is 16.6. The summed E-state index contributed by atoms with van der Waals surface area (Å²) in [6.45, 7) is 11.0. The molecule has 0 spiro atoms. The van der Waals surface area contributed by atoms with E-state index in [0.29, 0.717) is 12.4 Å². The molecule has 0 bridgehead atoms. The second kappa shape index (κ2) is 6.03. The fraction of sp³-hybridized carbons (Fsp3) is 0.800. The third-order valence-corrected chi connectivity index (χ3v) is 3.40. The molecule has 1 aliphatic heterocycles. The average Bonchev–Trinajstić information content (AvgIpc) is 2.86. The quantitative estimate of drug-likeness (QED) is 0.837. The van der Waals surface area contributed by atoms with Crippen molar-refractivity contribution < 1.29 is 14.1 Å². The third kappa shape index (κ3) is 4.19. The van der Waals surface area contributed by atoms with E-state index in [1.807, 2.05) is 34.6 Å². The molecule has 0 aromatic carbocycles. The van der Waals surface area contributed by atoms with E-state index >= 15 is 0 Å². The van der Waals surface area contributed by atoms with Crippen LogP contribution in [0.4, 0.5) is 4.79 Å². The zero-order valence-corrected chi connectivity index (χ0v) is 13.5. The molecular formula is C15H25N3O3. The van der Waals surface area contributed by atoms with Crippen LogP contribution in [0.2, 0.25) is 0 Å². The van der Waals surface area contributed by atoms with Gasteiger partial charge in [0.15, 0.2) is 5.82 Å². The Labute approximate surface area is 125 Å².